The fraction of sp³-hybridized carbons (Fsp3) is 0. The van der Waals surface area contributed by atoms with Gasteiger partial charge in [-0.3, -0.25) is 0 Å². The number of hydrogen-bond acceptors (Lipinski definition) is 4. The molecule has 0 bridgehead atoms. The fourth-order valence-electron chi connectivity index (χ4n) is 8.01. The Bertz CT molecular complexity index is 3310. The van der Waals surface area contributed by atoms with Gasteiger partial charge in [-0.05, 0) is 59.7 Å². The maximum Gasteiger partial charge on any atom is 0.164 e. The maximum atomic E-state index is 6.51. The first-order valence-corrected chi connectivity index (χ1v) is 18.8. The van der Waals surface area contributed by atoms with Crippen molar-refractivity contribution in [3.05, 3.63) is 109 Å². The van der Waals surface area contributed by atoms with Gasteiger partial charge in [0.25, 0.3) is 0 Å². The van der Waals surface area contributed by atoms with Crippen LogP contribution >= 0.6 is 0 Å². The van der Waals surface area contributed by atoms with Crippen LogP contribution in [0.2, 0.25) is 0 Å². The van der Waals surface area contributed by atoms with E-state index < -0.39 is 0 Å². The molecule has 10 aromatic rings. The van der Waals surface area contributed by atoms with Gasteiger partial charge in [-0.1, -0.05) is 82.5 Å². The average Bonchev–Trinajstić information content (AvgIpc) is 3.81. The summed E-state index contributed by atoms with van der Waals surface area (Å²) in [5.74, 6) is 0.215. The molecule has 5 nitrogen and oxygen atoms in total. The molecular weight excluding hydrogens is 721 g/mol. The molecule has 3 heterocycles. The molecule has 0 N–H and O–H groups in total. The minimum Gasteiger partial charge on any atom is -0.456 e. The molecule has 0 atom stereocenters. The topological polar surface area (TPSA) is 56.7 Å². The molecule has 0 spiro atoms. The van der Waals surface area contributed by atoms with Gasteiger partial charge in [-0.2, -0.15) is 0 Å². The van der Waals surface area contributed by atoms with Gasteiger partial charge in [0.2, 0.25) is 0 Å². The molecule has 0 saturated carbocycles. The van der Waals surface area contributed by atoms with Gasteiger partial charge in [0, 0.05) is 43.9 Å². The Morgan fingerprint density at radius 3 is 1.45 bits per heavy atom. The van der Waals surface area contributed by atoms with E-state index in [0.717, 1.165) is 49.4 Å². The summed E-state index contributed by atoms with van der Waals surface area (Å²) < 4.78 is 8.66. The highest BCUT2D eigenvalue weighted by Crippen LogP contribution is 2.38. The number of para-hydroxylation sites is 1. The van der Waals surface area contributed by atoms with Crippen molar-refractivity contribution in [2.24, 2.45) is 0 Å². The smallest absolute Gasteiger partial charge is 0.164 e. The number of benzene rings is 7. The second-order valence-electron chi connectivity index (χ2n) is 14.6. The van der Waals surface area contributed by atoms with Gasteiger partial charge in [0.1, 0.15) is 89.6 Å². The number of hydrogen-bond donors (Lipinski definition) is 0. The molecule has 10 rings (SSSR count). The summed E-state index contributed by atoms with van der Waals surface area (Å²) in [6.07, 6.45) is 0. The zero-order valence-electron chi connectivity index (χ0n) is 31.9. The Morgan fingerprint density at radius 2 is 0.833 bits per heavy atom. The lowest BCUT2D eigenvalue weighted by Crippen LogP contribution is -2.55. The van der Waals surface area contributed by atoms with Gasteiger partial charge >= 0.3 is 0 Å². The second kappa shape index (κ2) is 14.2. The quantitative estimate of drug-likeness (QED) is 0.223. The van der Waals surface area contributed by atoms with Crippen LogP contribution in [0.5, 0.6) is 0 Å². The van der Waals surface area contributed by atoms with Crippen molar-refractivity contribution in [1.82, 2.24) is 19.5 Å². The third-order valence-corrected chi connectivity index (χ3v) is 11.2. The van der Waals surface area contributed by atoms with Gasteiger partial charge in [-0.15, -0.1) is 32.8 Å². The average molecular weight is 739 g/mol. The Hall–Kier alpha value is -6.20. The Kier molecular flexibility index (Phi) is 9.02. The molecule has 0 aliphatic heterocycles. The fourth-order valence-corrected chi connectivity index (χ4v) is 8.01. The third-order valence-electron chi connectivity index (χ3n) is 11.2. The zero-order chi connectivity index (χ0) is 41.7. The summed E-state index contributed by atoms with van der Waals surface area (Å²) in [5, 5.41) is 3.95. The molecular formula is C45H18B10N4O. The Labute approximate surface area is 359 Å². The van der Waals surface area contributed by atoms with E-state index in [0.29, 0.717) is 16.7 Å². The highest BCUT2D eigenvalue weighted by atomic mass is 16.3. The highest BCUT2D eigenvalue weighted by Gasteiger charge is 2.22. The maximum absolute atomic E-state index is 6.51. The minimum absolute atomic E-state index is 0.0110. The molecule has 3 aromatic heterocycles. The van der Waals surface area contributed by atoms with Crippen molar-refractivity contribution in [3.63, 3.8) is 0 Å². The van der Waals surface area contributed by atoms with Gasteiger partial charge < -0.3 is 8.98 Å². The van der Waals surface area contributed by atoms with E-state index in [4.69, 9.17) is 97.8 Å². The van der Waals surface area contributed by atoms with Crippen molar-refractivity contribution in [2.45, 2.75) is 0 Å². The van der Waals surface area contributed by atoms with Crippen LogP contribution in [0.1, 0.15) is 0 Å². The first-order valence-electron chi connectivity index (χ1n) is 18.8. The molecule has 0 unspecified atom stereocenters. The summed E-state index contributed by atoms with van der Waals surface area (Å²) in [6.45, 7) is 0. The number of rotatable bonds is 5. The normalized spacial score (nSPS) is 11.7. The van der Waals surface area contributed by atoms with Crippen molar-refractivity contribution >= 4 is 177 Å². The van der Waals surface area contributed by atoms with E-state index in [2.05, 4.69) is 65.2 Å². The monoisotopic (exact) mass is 740 g/mol. The van der Waals surface area contributed by atoms with Crippen LogP contribution in [0.4, 0.5) is 0 Å². The van der Waals surface area contributed by atoms with Crippen LogP contribution < -0.4 is 54.6 Å². The first kappa shape index (κ1) is 38.0. The van der Waals surface area contributed by atoms with E-state index in [9.17, 15) is 0 Å². The molecule has 20 radical (unpaired) electrons. The molecule has 0 aliphatic rings. The van der Waals surface area contributed by atoms with E-state index in [1.807, 2.05) is 48.5 Å². The Balaban J connectivity index is 1.20. The van der Waals surface area contributed by atoms with Crippen molar-refractivity contribution in [2.75, 3.05) is 0 Å². The largest absolute Gasteiger partial charge is 0.456 e. The highest BCUT2D eigenvalue weighted by molar-refractivity contribution is 6.70. The summed E-state index contributed by atoms with van der Waals surface area (Å²) in [7, 11) is 63.4. The van der Waals surface area contributed by atoms with E-state index in [1.54, 1.807) is 0 Å². The summed E-state index contributed by atoms with van der Waals surface area (Å²) in [5.41, 5.74) is 7.72. The van der Waals surface area contributed by atoms with Crippen molar-refractivity contribution in [1.29, 1.82) is 0 Å². The number of furan rings is 1. The van der Waals surface area contributed by atoms with E-state index in [-0.39, 0.29) is 83.2 Å². The lowest BCUT2D eigenvalue weighted by Gasteiger charge is -2.22. The molecule has 254 valence electrons. The molecule has 0 fully saturated rings. The van der Waals surface area contributed by atoms with Crippen LogP contribution in [0.3, 0.4) is 0 Å². The van der Waals surface area contributed by atoms with Crippen LogP contribution in [-0.4, -0.2) is 98.0 Å². The first-order chi connectivity index (χ1) is 28.9. The summed E-state index contributed by atoms with van der Waals surface area (Å²) in [6, 6.07) is 37.1. The van der Waals surface area contributed by atoms with Crippen LogP contribution in [-0.2, 0) is 0 Å². The number of fused-ring (bicyclic) bond motifs is 6. The Morgan fingerprint density at radius 1 is 0.350 bits per heavy atom. The molecule has 0 saturated heterocycles. The van der Waals surface area contributed by atoms with Gasteiger partial charge in [0.05, 0.1) is 11.0 Å². The van der Waals surface area contributed by atoms with Crippen molar-refractivity contribution in [3.8, 4) is 51.0 Å². The number of aromatic nitrogens is 4. The third kappa shape index (κ3) is 5.80. The van der Waals surface area contributed by atoms with Crippen LogP contribution in [0.25, 0.3) is 94.7 Å². The SMILES string of the molecule is [B]c1c([B])c([B])c(-c2nc(-c3ccc4oc5ccc(-n6c7ccccc7c7ccc(-c8ccccc8)cc76)cc5c4c3)nc(-c3c([B])c([B])c([B])c([B])c3[B])n2)c([B])c1[B]. The van der Waals surface area contributed by atoms with E-state index >= 15 is 0 Å². The number of nitrogens with zero attached hydrogens (tertiary/aromatic N) is 4. The zero-order valence-corrected chi connectivity index (χ0v) is 31.9. The lowest BCUT2D eigenvalue weighted by atomic mass is 9.60. The molecule has 0 amide bonds. The van der Waals surface area contributed by atoms with Gasteiger partial charge in [0.15, 0.2) is 17.5 Å². The summed E-state index contributed by atoms with van der Waals surface area (Å²) in [4.78, 5) is 14.4. The molecule has 60 heavy (non-hydrogen) atoms. The standard InChI is InChI=1S/C45H18B10N4O/c46-33-31(34(47)38(51)41(54)37(33)50)44-56-43(57-45(58-44)32-35(48)39(52)42(55)40(53)36(32)49)21-11-14-29-25(16-21)26-18-22(12-15-30(26)60-29)59-27-9-5-4-8-23(27)24-13-10-20(17-28(24)59)19-6-2-1-3-7-19/h1-18H. The van der Waals surface area contributed by atoms with Crippen LogP contribution in [0, 0.1) is 0 Å². The lowest BCUT2D eigenvalue weighted by molar-refractivity contribution is 0.669. The van der Waals surface area contributed by atoms with E-state index in [1.165, 1.54) is 0 Å². The predicted molar refractivity (Wildman–Crippen MR) is 257 cm³/mol. The van der Waals surface area contributed by atoms with Crippen molar-refractivity contribution < 1.29 is 4.42 Å². The molecule has 0 aliphatic carbocycles. The molecule has 15 heteroatoms. The molecule has 7 aromatic carbocycles. The second-order valence-corrected chi connectivity index (χ2v) is 14.6. The van der Waals surface area contributed by atoms with Crippen LogP contribution in [0.15, 0.2) is 114 Å². The minimum atomic E-state index is 0.0110. The summed E-state index contributed by atoms with van der Waals surface area (Å²) >= 11 is 0. The van der Waals surface area contributed by atoms with Gasteiger partial charge in [-0.25, -0.2) is 15.0 Å². The predicted octanol–water partition coefficient (Wildman–Crippen LogP) is -0.526.